The SMILES string of the molecule is C[C@@H]1CN(c2ccc(C3CCC(=O)NC3=O)cc2)CCN1CCC1CCN(NC(=O)OC(C)(C)C)CC1. The van der Waals surface area contributed by atoms with Gasteiger partial charge in [-0.25, -0.2) is 9.80 Å². The number of nitrogens with zero attached hydrogens (tertiary/aromatic N) is 3. The largest absolute Gasteiger partial charge is 0.443 e. The highest BCUT2D eigenvalue weighted by Crippen LogP contribution is 2.28. The van der Waals surface area contributed by atoms with E-state index in [0.29, 0.717) is 24.8 Å². The lowest BCUT2D eigenvalue weighted by atomic mass is 9.90. The molecule has 1 aromatic rings. The Bertz CT molecular complexity index is 952. The molecule has 2 N–H and O–H groups in total. The Labute approximate surface area is 220 Å². The first kappa shape index (κ1) is 27.4. The molecule has 0 saturated carbocycles. The number of hydrogen-bond donors (Lipinski definition) is 2. The smallest absolute Gasteiger partial charge is 0.422 e. The number of nitrogens with one attached hydrogen (secondary N) is 2. The summed E-state index contributed by atoms with van der Waals surface area (Å²) in [6.45, 7) is 13.8. The molecule has 0 bridgehead atoms. The Balaban J connectivity index is 1.18. The minimum atomic E-state index is -0.484. The minimum absolute atomic E-state index is 0.176. The van der Waals surface area contributed by atoms with Crippen LogP contribution in [0.1, 0.15) is 71.3 Å². The summed E-state index contributed by atoms with van der Waals surface area (Å²) < 4.78 is 5.36. The fourth-order valence-electron chi connectivity index (χ4n) is 5.60. The summed E-state index contributed by atoms with van der Waals surface area (Å²) in [6, 6.07) is 8.77. The van der Waals surface area contributed by atoms with E-state index in [-0.39, 0.29) is 23.8 Å². The Morgan fingerprint density at radius 3 is 2.38 bits per heavy atom. The van der Waals surface area contributed by atoms with E-state index in [1.54, 1.807) is 0 Å². The number of anilines is 1. The molecular formula is C28H43N5O4. The zero-order valence-electron chi connectivity index (χ0n) is 22.8. The first-order chi connectivity index (χ1) is 17.6. The second kappa shape index (κ2) is 11.8. The van der Waals surface area contributed by atoms with Crippen molar-refractivity contribution in [3.05, 3.63) is 29.8 Å². The maximum absolute atomic E-state index is 12.2. The van der Waals surface area contributed by atoms with Crippen LogP contribution in [0.3, 0.4) is 0 Å². The van der Waals surface area contributed by atoms with E-state index in [0.717, 1.165) is 57.7 Å². The second-order valence-electron chi connectivity index (χ2n) is 11.8. The zero-order chi connectivity index (χ0) is 26.6. The molecule has 3 aliphatic rings. The van der Waals surface area contributed by atoms with Crippen LogP contribution in [0.4, 0.5) is 10.5 Å². The first-order valence-corrected chi connectivity index (χ1v) is 13.7. The van der Waals surface area contributed by atoms with Gasteiger partial charge in [0, 0.05) is 50.9 Å². The van der Waals surface area contributed by atoms with Crippen LogP contribution in [0.25, 0.3) is 0 Å². The third-order valence-corrected chi connectivity index (χ3v) is 7.75. The summed E-state index contributed by atoms with van der Waals surface area (Å²) in [5.41, 5.74) is 4.56. The molecule has 0 aliphatic carbocycles. The number of piperazine rings is 1. The van der Waals surface area contributed by atoms with Crippen LogP contribution < -0.4 is 15.6 Å². The molecule has 1 aromatic carbocycles. The predicted molar refractivity (Wildman–Crippen MR) is 143 cm³/mol. The molecule has 4 rings (SSSR count). The first-order valence-electron chi connectivity index (χ1n) is 13.7. The number of carbonyl (C=O) groups is 3. The minimum Gasteiger partial charge on any atom is -0.443 e. The van der Waals surface area contributed by atoms with Gasteiger partial charge < -0.3 is 9.64 Å². The van der Waals surface area contributed by atoms with E-state index >= 15 is 0 Å². The van der Waals surface area contributed by atoms with Gasteiger partial charge in [0.15, 0.2) is 0 Å². The lowest BCUT2D eigenvalue weighted by molar-refractivity contribution is -0.134. The average Bonchev–Trinajstić information content (AvgIpc) is 2.83. The van der Waals surface area contributed by atoms with Gasteiger partial charge in [0.2, 0.25) is 11.8 Å². The van der Waals surface area contributed by atoms with Crippen molar-refractivity contribution in [2.24, 2.45) is 5.92 Å². The Hall–Kier alpha value is -2.65. The summed E-state index contributed by atoms with van der Waals surface area (Å²) in [5.74, 6) is 0.0887. The van der Waals surface area contributed by atoms with E-state index in [9.17, 15) is 14.4 Å². The molecule has 3 saturated heterocycles. The molecule has 3 amide bonds. The number of ether oxygens (including phenoxy) is 1. The highest BCUT2D eigenvalue weighted by Gasteiger charge is 2.29. The number of benzene rings is 1. The van der Waals surface area contributed by atoms with Crippen molar-refractivity contribution < 1.29 is 19.1 Å². The number of imide groups is 1. The molecule has 1 unspecified atom stereocenters. The third-order valence-electron chi connectivity index (χ3n) is 7.75. The average molecular weight is 514 g/mol. The summed E-state index contributed by atoms with van der Waals surface area (Å²) in [4.78, 5) is 40.6. The normalized spacial score (nSPS) is 24.6. The summed E-state index contributed by atoms with van der Waals surface area (Å²) in [7, 11) is 0. The van der Waals surface area contributed by atoms with E-state index < -0.39 is 5.60 Å². The monoisotopic (exact) mass is 513 g/mol. The molecule has 3 fully saturated rings. The Kier molecular flexibility index (Phi) is 8.75. The number of hydrogen-bond acceptors (Lipinski definition) is 7. The summed E-state index contributed by atoms with van der Waals surface area (Å²) in [5, 5.41) is 4.43. The van der Waals surface area contributed by atoms with Gasteiger partial charge in [0.25, 0.3) is 0 Å². The predicted octanol–water partition coefficient (Wildman–Crippen LogP) is 3.26. The van der Waals surface area contributed by atoms with Gasteiger partial charge in [-0.1, -0.05) is 12.1 Å². The molecule has 204 valence electrons. The maximum atomic E-state index is 12.2. The van der Waals surface area contributed by atoms with Crippen LogP contribution in [0.2, 0.25) is 0 Å². The van der Waals surface area contributed by atoms with Crippen LogP contribution in [0, 0.1) is 5.92 Å². The second-order valence-corrected chi connectivity index (χ2v) is 11.8. The lowest BCUT2D eigenvalue weighted by Gasteiger charge is -2.42. The summed E-state index contributed by atoms with van der Waals surface area (Å²) in [6.07, 6.45) is 3.97. The van der Waals surface area contributed by atoms with Crippen molar-refractivity contribution in [3.63, 3.8) is 0 Å². The van der Waals surface area contributed by atoms with Crippen LogP contribution in [0.15, 0.2) is 24.3 Å². The van der Waals surface area contributed by atoms with Gasteiger partial charge in [0.05, 0.1) is 5.92 Å². The van der Waals surface area contributed by atoms with Gasteiger partial charge >= 0.3 is 6.09 Å². The molecule has 0 aromatic heterocycles. The van der Waals surface area contributed by atoms with E-state index in [2.05, 4.69) is 39.6 Å². The topological polar surface area (TPSA) is 94.2 Å². The molecule has 3 aliphatic heterocycles. The van der Waals surface area contributed by atoms with Gasteiger partial charge in [0.1, 0.15) is 5.60 Å². The van der Waals surface area contributed by atoms with Gasteiger partial charge in [-0.3, -0.25) is 25.2 Å². The highest BCUT2D eigenvalue weighted by molar-refractivity contribution is 6.00. The Morgan fingerprint density at radius 2 is 1.76 bits per heavy atom. The molecule has 0 spiro atoms. The van der Waals surface area contributed by atoms with Crippen LogP contribution in [-0.2, 0) is 14.3 Å². The quantitative estimate of drug-likeness (QED) is 0.564. The number of carbonyl (C=O) groups excluding carboxylic acids is 3. The number of rotatable bonds is 6. The van der Waals surface area contributed by atoms with E-state index in [1.807, 2.05) is 37.9 Å². The molecule has 2 atom stereocenters. The molecule has 0 radical (unpaired) electrons. The van der Waals surface area contributed by atoms with E-state index in [1.165, 1.54) is 12.1 Å². The van der Waals surface area contributed by atoms with Crippen molar-refractivity contribution in [2.45, 2.75) is 77.4 Å². The number of hydrazine groups is 1. The molecular weight excluding hydrogens is 470 g/mol. The summed E-state index contributed by atoms with van der Waals surface area (Å²) >= 11 is 0. The standard InChI is InChI=1S/C28H43N5O4/c1-20-19-32(23-7-5-22(6-8-23)24-9-10-25(34)29-26(24)35)18-17-31(20)14-11-21-12-15-33(16-13-21)30-27(36)37-28(2,3)4/h5-8,20-21,24H,9-19H2,1-4H3,(H,30,36)(H,29,34,35)/t20-,24?/m1/s1. The highest BCUT2D eigenvalue weighted by atomic mass is 16.6. The third kappa shape index (κ3) is 7.68. The van der Waals surface area contributed by atoms with Gasteiger partial charge in [-0.05, 0) is 83.5 Å². The van der Waals surface area contributed by atoms with Crippen LogP contribution >= 0.6 is 0 Å². The maximum Gasteiger partial charge on any atom is 0.422 e. The van der Waals surface area contributed by atoms with Gasteiger partial charge in [-0.15, -0.1) is 0 Å². The Morgan fingerprint density at radius 1 is 1.05 bits per heavy atom. The van der Waals surface area contributed by atoms with Crippen molar-refractivity contribution in [2.75, 3.05) is 44.2 Å². The molecule has 3 heterocycles. The van der Waals surface area contributed by atoms with Crippen molar-refractivity contribution >= 4 is 23.6 Å². The van der Waals surface area contributed by atoms with Crippen LogP contribution in [-0.4, -0.2) is 78.7 Å². The van der Waals surface area contributed by atoms with E-state index in [4.69, 9.17) is 4.74 Å². The molecule has 9 heteroatoms. The lowest BCUT2D eigenvalue weighted by Crippen LogP contribution is -2.52. The van der Waals surface area contributed by atoms with Crippen molar-refractivity contribution in [1.82, 2.24) is 20.7 Å². The fraction of sp³-hybridized carbons (Fsp3) is 0.679. The number of amides is 3. The molecule has 37 heavy (non-hydrogen) atoms. The van der Waals surface area contributed by atoms with Crippen LogP contribution in [0.5, 0.6) is 0 Å². The van der Waals surface area contributed by atoms with Crippen molar-refractivity contribution in [1.29, 1.82) is 0 Å². The zero-order valence-corrected chi connectivity index (χ0v) is 22.8. The fourth-order valence-corrected chi connectivity index (χ4v) is 5.60. The van der Waals surface area contributed by atoms with Crippen molar-refractivity contribution in [3.8, 4) is 0 Å². The number of piperidine rings is 2. The van der Waals surface area contributed by atoms with Gasteiger partial charge in [-0.2, -0.15) is 0 Å². The molecule has 9 nitrogen and oxygen atoms in total.